The molecule has 0 aliphatic heterocycles. The molecule has 0 saturated heterocycles. The third-order valence-electron chi connectivity index (χ3n) is 3.54. The number of ether oxygens (including phenoxy) is 1. The summed E-state index contributed by atoms with van der Waals surface area (Å²) in [7, 11) is 0. The average Bonchev–Trinajstić information content (AvgIpc) is 2.48. The number of benzene rings is 1. The molecule has 0 aromatic heterocycles. The molecule has 0 radical (unpaired) electrons. The number of allylic oxidation sites excluding steroid dienone is 1. The molecule has 25 heavy (non-hydrogen) atoms. The van der Waals surface area contributed by atoms with Crippen LogP contribution in [0, 0.1) is 5.41 Å². The Hall–Kier alpha value is -2.23. The van der Waals surface area contributed by atoms with Crippen molar-refractivity contribution in [3.05, 3.63) is 42.0 Å². The number of nitrogens with two attached hydrogens (primary N) is 1. The Balaban J connectivity index is 3.34. The zero-order valence-corrected chi connectivity index (χ0v) is 12.6. The van der Waals surface area contributed by atoms with Gasteiger partial charge in [-0.15, -0.1) is 0 Å². The van der Waals surface area contributed by atoms with E-state index in [1.54, 1.807) is 18.2 Å². The van der Waals surface area contributed by atoms with Gasteiger partial charge in [0.05, 0.1) is 6.61 Å². The van der Waals surface area contributed by atoms with Gasteiger partial charge in [0.25, 0.3) is 0 Å². The maximum Gasteiger partial charge on any atom is 0.407 e. The van der Waals surface area contributed by atoms with Crippen molar-refractivity contribution in [3.63, 3.8) is 0 Å². The molecule has 0 bridgehead atoms. The predicted octanol–water partition coefficient (Wildman–Crippen LogP) is 3.66. The lowest BCUT2D eigenvalue weighted by atomic mass is 9.77. The first-order chi connectivity index (χ1) is 11.5. The second-order valence-electron chi connectivity index (χ2n) is 5.09. The largest absolute Gasteiger partial charge is 0.443 e. The number of aliphatic hydroxyl groups is 1. The molecule has 0 aliphatic carbocycles. The first-order valence-corrected chi connectivity index (χ1v) is 6.87. The van der Waals surface area contributed by atoms with Gasteiger partial charge in [0.2, 0.25) is 5.41 Å². The number of hydrogen-bond acceptors (Lipinski definition) is 3. The highest BCUT2D eigenvalue weighted by Gasteiger charge is 2.74. The molecule has 0 spiro atoms. The van der Waals surface area contributed by atoms with Gasteiger partial charge in [-0.1, -0.05) is 42.5 Å². The Labute approximate surface area is 138 Å². The summed E-state index contributed by atoms with van der Waals surface area (Å²) in [5.74, 6) is 0. The molecule has 0 heterocycles. The molecule has 1 aromatic carbocycles. The quantitative estimate of drug-likeness (QED) is 0.750. The Morgan fingerprint density at radius 1 is 1.12 bits per heavy atom. The van der Waals surface area contributed by atoms with Crippen molar-refractivity contribution in [2.45, 2.75) is 24.9 Å². The second kappa shape index (κ2) is 7.77. The normalized spacial score (nSPS) is 14.5. The molecular weight excluding hydrogens is 356 g/mol. The van der Waals surface area contributed by atoms with Gasteiger partial charge in [0, 0.05) is 0 Å². The molecule has 4 nitrogen and oxygen atoms in total. The number of carbonyl (C=O) groups is 1. The average molecular weight is 371 g/mol. The molecule has 1 unspecified atom stereocenters. The molecule has 0 saturated carbocycles. The number of amides is 1. The Morgan fingerprint density at radius 3 is 2.04 bits per heavy atom. The topological polar surface area (TPSA) is 72.6 Å². The fraction of sp³-hybridized carbons (Fsp3) is 0.400. The summed E-state index contributed by atoms with van der Waals surface area (Å²) in [6.07, 6.45) is -16.4. The molecule has 1 aromatic rings. The summed E-state index contributed by atoms with van der Waals surface area (Å²) in [6, 6.07) is 7.67. The van der Waals surface area contributed by atoms with Crippen molar-refractivity contribution in [1.82, 2.24) is 0 Å². The van der Waals surface area contributed by atoms with Gasteiger partial charge in [0.1, 0.15) is 0 Å². The summed E-state index contributed by atoms with van der Waals surface area (Å²) in [4.78, 5) is 10.7. The minimum atomic E-state index is -5.87. The first kappa shape index (κ1) is 20.8. The minimum absolute atomic E-state index is 0.372. The SMILES string of the molecule is NC(=O)OC(CO)C(CC=Cc1ccccc1)(C(F)(F)F)C(F)(F)F. The highest BCUT2D eigenvalue weighted by Crippen LogP contribution is 2.56. The molecule has 1 amide bonds. The van der Waals surface area contributed by atoms with Crippen LogP contribution in [0.3, 0.4) is 0 Å². The fourth-order valence-electron chi connectivity index (χ4n) is 2.27. The van der Waals surface area contributed by atoms with Crippen molar-refractivity contribution in [3.8, 4) is 0 Å². The molecule has 0 aliphatic rings. The van der Waals surface area contributed by atoms with E-state index in [-0.39, 0.29) is 0 Å². The molecular formula is C15H15F6NO3. The van der Waals surface area contributed by atoms with Crippen molar-refractivity contribution in [1.29, 1.82) is 0 Å². The number of carbonyl (C=O) groups excluding carboxylic acids is 1. The van der Waals surface area contributed by atoms with Crippen LogP contribution < -0.4 is 5.73 Å². The van der Waals surface area contributed by atoms with Crippen molar-refractivity contribution < 1.29 is 41.0 Å². The van der Waals surface area contributed by atoms with E-state index in [1.165, 1.54) is 12.1 Å². The van der Waals surface area contributed by atoms with Crippen LogP contribution in [0.1, 0.15) is 12.0 Å². The summed E-state index contributed by atoms with van der Waals surface area (Å²) in [5.41, 5.74) is 0.414. The van der Waals surface area contributed by atoms with E-state index in [0.29, 0.717) is 11.6 Å². The third-order valence-corrected chi connectivity index (χ3v) is 3.54. The van der Waals surface area contributed by atoms with Gasteiger partial charge in [-0.2, -0.15) is 26.3 Å². The van der Waals surface area contributed by atoms with E-state index in [9.17, 15) is 31.1 Å². The first-order valence-electron chi connectivity index (χ1n) is 6.87. The lowest BCUT2D eigenvalue weighted by Gasteiger charge is -2.40. The van der Waals surface area contributed by atoms with Crippen molar-refractivity contribution >= 4 is 12.2 Å². The minimum Gasteiger partial charge on any atom is -0.443 e. The van der Waals surface area contributed by atoms with Crippen LogP contribution in [0.25, 0.3) is 6.08 Å². The Bertz CT molecular complexity index is 584. The smallest absolute Gasteiger partial charge is 0.407 e. The van der Waals surface area contributed by atoms with Crippen LogP contribution in [-0.4, -0.2) is 36.3 Å². The van der Waals surface area contributed by atoms with Gasteiger partial charge < -0.3 is 15.6 Å². The zero-order chi connectivity index (χ0) is 19.3. The van der Waals surface area contributed by atoms with Gasteiger partial charge in [-0.05, 0) is 12.0 Å². The van der Waals surface area contributed by atoms with E-state index in [4.69, 9.17) is 5.11 Å². The van der Waals surface area contributed by atoms with Crippen LogP contribution in [0.2, 0.25) is 0 Å². The molecule has 1 atom stereocenters. The van der Waals surface area contributed by atoms with Crippen LogP contribution in [0.5, 0.6) is 0 Å². The number of halogens is 6. The van der Waals surface area contributed by atoms with Crippen molar-refractivity contribution in [2.24, 2.45) is 11.1 Å². The lowest BCUT2D eigenvalue weighted by molar-refractivity contribution is -0.366. The molecule has 3 N–H and O–H groups in total. The summed E-state index contributed by atoms with van der Waals surface area (Å²) < 4.78 is 84.3. The number of rotatable bonds is 6. The summed E-state index contributed by atoms with van der Waals surface area (Å²) in [5, 5.41) is 9.00. The Morgan fingerprint density at radius 2 is 1.64 bits per heavy atom. The Kier molecular flexibility index (Phi) is 6.47. The highest BCUT2D eigenvalue weighted by atomic mass is 19.4. The van der Waals surface area contributed by atoms with Crippen LogP contribution >= 0.6 is 0 Å². The highest BCUT2D eigenvalue weighted by molar-refractivity contribution is 5.65. The van der Waals surface area contributed by atoms with E-state index >= 15 is 0 Å². The lowest BCUT2D eigenvalue weighted by Crippen LogP contribution is -2.60. The van der Waals surface area contributed by atoms with E-state index < -0.39 is 43.0 Å². The second-order valence-corrected chi connectivity index (χ2v) is 5.09. The third kappa shape index (κ3) is 4.65. The van der Waals surface area contributed by atoms with E-state index in [1.807, 2.05) is 0 Å². The maximum absolute atomic E-state index is 13.4. The van der Waals surface area contributed by atoms with Crippen molar-refractivity contribution in [2.75, 3.05) is 6.61 Å². The number of hydrogen-bond donors (Lipinski definition) is 2. The number of aliphatic hydroxyl groups excluding tert-OH is 1. The van der Waals surface area contributed by atoms with Crippen LogP contribution in [-0.2, 0) is 4.74 Å². The van der Waals surface area contributed by atoms with Crippen LogP contribution in [0.15, 0.2) is 36.4 Å². The summed E-state index contributed by atoms with van der Waals surface area (Å²) in [6.45, 7) is -1.71. The van der Waals surface area contributed by atoms with Gasteiger partial charge in [0.15, 0.2) is 6.10 Å². The predicted molar refractivity (Wildman–Crippen MR) is 76.2 cm³/mol. The van der Waals surface area contributed by atoms with Gasteiger partial charge in [-0.3, -0.25) is 0 Å². The molecule has 0 fully saturated rings. The molecule has 140 valence electrons. The fourth-order valence-corrected chi connectivity index (χ4v) is 2.27. The monoisotopic (exact) mass is 371 g/mol. The zero-order valence-electron chi connectivity index (χ0n) is 12.6. The van der Waals surface area contributed by atoms with E-state index in [2.05, 4.69) is 10.5 Å². The number of primary amides is 1. The van der Waals surface area contributed by atoms with Crippen LogP contribution in [0.4, 0.5) is 31.1 Å². The van der Waals surface area contributed by atoms with E-state index in [0.717, 1.165) is 6.08 Å². The maximum atomic E-state index is 13.4. The molecule has 1 rings (SSSR count). The standard InChI is InChI=1S/C15H15F6NO3/c16-14(17,18)13(15(19,20)21,11(9-23)25-12(22)24)8-4-7-10-5-2-1-3-6-10/h1-7,11,23H,8-9H2,(H2,22,24). The number of alkyl halides is 6. The van der Waals surface area contributed by atoms with Gasteiger partial charge in [-0.25, -0.2) is 4.79 Å². The molecule has 10 heteroatoms. The van der Waals surface area contributed by atoms with Gasteiger partial charge >= 0.3 is 18.4 Å². The summed E-state index contributed by atoms with van der Waals surface area (Å²) >= 11 is 0.